The summed E-state index contributed by atoms with van der Waals surface area (Å²) in [4.78, 5) is 40.7. The van der Waals surface area contributed by atoms with Gasteiger partial charge >= 0.3 is 6.09 Å². The second-order valence-electron chi connectivity index (χ2n) is 14.5. The number of benzene rings is 2. The zero-order chi connectivity index (χ0) is 34.4. The number of pyridine rings is 1. The van der Waals surface area contributed by atoms with Gasteiger partial charge < -0.3 is 24.4 Å². The van der Waals surface area contributed by atoms with Gasteiger partial charge in [-0.3, -0.25) is 14.8 Å². The number of piperazine rings is 1. The van der Waals surface area contributed by atoms with Crippen LogP contribution in [0.25, 0.3) is 5.57 Å². The van der Waals surface area contributed by atoms with Gasteiger partial charge in [0.2, 0.25) is 0 Å². The fourth-order valence-corrected chi connectivity index (χ4v) is 7.45. The lowest BCUT2D eigenvalue weighted by Crippen LogP contribution is -2.58. The first-order valence-electron chi connectivity index (χ1n) is 17.5. The lowest BCUT2D eigenvalue weighted by Gasteiger charge is -2.43. The van der Waals surface area contributed by atoms with Crippen molar-refractivity contribution >= 4 is 23.8 Å². The number of nitrogens with zero attached hydrogens (tertiary/aromatic N) is 4. The van der Waals surface area contributed by atoms with Gasteiger partial charge in [-0.2, -0.15) is 0 Å². The summed E-state index contributed by atoms with van der Waals surface area (Å²) in [5.74, 6) is -0.604. The Kier molecular flexibility index (Phi) is 10.6. The van der Waals surface area contributed by atoms with Crippen LogP contribution in [0.3, 0.4) is 0 Å². The number of amides is 2. The smallest absolute Gasteiger partial charge is 0.410 e. The van der Waals surface area contributed by atoms with E-state index in [0.29, 0.717) is 44.8 Å². The molecule has 1 saturated carbocycles. The van der Waals surface area contributed by atoms with Crippen LogP contribution in [0.15, 0.2) is 95.7 Å². The first kappa shape index (κ1) is 34.5. The second kappa shape index (κ2) is 15.0. The van der Waals surface area contributed by atoms with Gasteiger partial charge in [0, 0.05) is 43.9 Å². The number of aliphatic imine (C=N–C) groups is 1. The molecular weight excluding hydrogens is 616 g/mol. The summed E-state index contributed by atoms with van der Waals surface area (Å²) in [5.41, 5.74) is 2.36. The number of hydrogen-bond acceptors (Lipinski definition) is 7. The highest BCUT2D eigenvalue weighted by molar-refractivity contribution is 6.08. The summed E-state index contributed by atoms with van der Waals surface area (Å²) in [6.45, 7) is 7.15. The number of aliphatic hydroxyl groups is 1. The highest BCUT2D eigenvalue weighted by atomic mass is 16.6. The minimum absolute atomic E-state index is 0.159. The summed E-state index contributed by atoms with van der Waals surface area (Å²) in [7, 11) is 0. The molecule has 49 heavy (non-hydrogen) atoms. The van der Waals surface area contributed by atoms with Crippen molar-refractivity contribution in [2.24, 2.45) is 16.8 Å². The Labute approximate surface area is 289 Å². The quantitative estimate of drug-likeness (QED) is 0.287. The van der Waals surface area contributed by atoms with E-state index in [1.165, 1.54) is 0 Å². The Balaban J connectivity index is 1.29. The molecule has 1 N–H and O–H groups in total. The van der Waals surface area contributed by atoms with Gasteiger partial charge in [-0.05, 0) is 68.9 Å². The highest BCUT2D eigenvalue weighted by Crippen LogP contribution is 2.46. The van der Waals surface area contributed by atoms with Gasteiger partial charge in [0.15, 0.2) is 0 Å². The molecule has 9 nitrogen and oxygen atoms in total. The van der Waals surface area contributed by atoms with Gasteiger partial charge in [0.25, 0.3) is 5.91 Å². The van der Waals surface area contributed by atoms with Crippen molar-refractivity contribution in [1.29, 1.82) is 0 Å². The van der Waals surface area contributed by atoms with Crippen LogP contribution in [0.1, 0.15) is 63.3 Å². The lowest BCUT2D eigenvalue weighted by molar-refractivity contribution is -0.132. The molecular formula is C40H48N4O5. The number of hydrogen-bond donors (Lipinski definition) is 1. The lowest BCUT2D eigenvalue weighted by atomic mass is 9.67. The predicted molar refractivity (Wildman–Crippen MR) is 190 cm³/mol. The van der Waals surface area contributed by atoms with Gasteiger partial charge in [0.05, 0.1) is 30.6 Å². The van der Waals surface area contributed by atoms with Crippen molar-refractivity contribution in [2.75, 3.05) is 26.2 Å². The van der Waals surface area contributed by atoms with Crippen molar-refractivity contribution in [3.8, 4) is 0 Å². The molecule has 1 aromatic heterocycles. The Morgan fingerprint density at radius 2 is 1.69 bits per heavy atom. The van der Waals surface area contributed by atoms with Crippen LogP contribution in [-0.2, 0) is 27.3 Å². The number of ether oxygens (including phenoxy) is 2. The molecule has 3 aliphatic rings. The predicted octanol–water partition coefficient (Wildman–Crippen LogP) is 6.32. The number of carbonyl (C=O) groups excluding carboxylic acids is 2. The van der Waals surface area contributed by atoms with Crippen LogP contribution in [0.2, 0.25) is 0 Å². The maximum Gasteiger partial charge on any atom is 0.410 e. The topological polar surface area (TPSA) is 105 Å². The molecule has 2 fully saturated rings. The molecule has 2 aromatic carbocycles. The fourth-order valence-electron chi connectivity index (χ4n) is 7.45. The van der Waals surface area contributed by atoms with Crippen molar-refractivity contribution in [3.63, 3.8) is 0 Å². The van der Waals surface area contributed by atoms with E-state index >= 15 is 0 Å². The number of rotatable bonds is 9. The molecule has 0 radical (unpaired) electrons. The van der Waals surface area contributed by atoms with E-state index < -0.39 is 11.2 Å². The largest absolute Gasteiger partial charge is 0.444 e. The van der Waals surface area contributed by atoms with Crippen molar-refractivity contribution in [3.05, 3.63) is 108 Å². The summed E-state index contributed by atoms with van der Waals surface area (Å²) >= 11 is 0. The molecule has 4 atom stereocenters. The van der Waals surface area contributed by atoms with Crippen LogP contribution in [0, 0.1) is 11.8 Å². The zero-order valence-electron chi connectivity index (χ0n) is 28.8. The van der Waals surface area contributed by atoms with Crippen LogP contribution in [0.5, 0.6) is 0 Å². The average Bonchev–Trinajstić information content (AvgIpc) is 3.53. The third-order valence-electron chi connectivity index (χ3n) is 9.78. The summed E-state index contributed by atoms with van der Waals surface area (Å²) < 4.78 is 11.8. The van der Waals surface area contributed by atoms with E-state index in [4.69, 9.17) is 14.5 Å². The van der Waals surface area contributed by atoms with E-state index in [1.807, 2.05) is 111 Å². The maximum absolute atomic E-state index is 14.7. The van der Waals surface area contributed by atoms with Gasteiger partial charge in [0.1, 0.15) is 11.3 Å². The highest BCUT2D eigenvalue weighted by Gasteiger charge is 2.47. The molecule has 0 bridgehead atoms. The first-order valence-corrected chi connectivity index (χ1v) is 17.5. The molecule has 1 unspecified atom stereocenters. The molecule has 258 valence electrons. The Morgan fingerprint density at radius 1 is 0.959 bits per heavy atom. The minimum Gasteiger partial charge on any atom is -0.444 e. The molecule has 9 heteroatoms. The standard InChI is InChI=1S/C40H48N4O5/c1-39(2,3)49-38(46)43-22-23-44(32(26-43)24-29-14-6-4-7-15-29)37(45)36-35(30-16-8-5-9-17-30)33(25-42-36)34-19-10-12-20-40(34,47)28-48-27-31-18-11-13-21-41-31/h4-9,11,13-18,21,25,32-34,47H,10,12,19-20,22-24,26-28H2,1-3H3/t32-,33?,34-,40+/m1/s1. The van der Waals surface area contributed by atoms with E-state index in [0.717, 1.165) is 41.7 Å². The van der Waals surface area contributed by atoms with Crippen LogP contribution >= 0.6 is 0 Å². The zero-order valence-corrected chi connectivity index (χ0v) is 28.8. The molecule has 1 aliphatic carbocycles. The molecule has 3 aromatic rings. The second-order valence-corrected chi connectivity index (χ2v) is 14.5. The minimum atomic E-state index is -1.09. The summed E-state index contributed by atoms with van der Waals surface area (Å²) in [6, 6.07) is 25.4. The third-order valence-corrected chi connectivity index (χ3v) is 9.78. The summed E-state index contributed by atoms with van der Waals surface area (Å²) in [6.07, 6.45) is 7.12. The van der Waals surface area contributed by atoms with Crippen LogP contribution < -0.4 is 0 Å². The summed E-state index contributed by atoms with van der Waals surface area (Å²) in [5, 5.41) is 12.2. The molecule has 2 amide bonds. The van der Waals surface area contributed by atoms with Gasteiger partial charge in [-0.15, -0.1) is 0 Å². The van der Waals surface area contributed by atoms with E-state index in [9.17, 15) is 14.7 Å². The van der Waals surface area contributed by atoms with Crippen LogP contribution in [-0.4, -0.2) is 81.6 Å². The monoisotopic (exact) mass is 664 g/mol. The fraction of sp³-hybridized carbons (Fsp3) is 0.450. The Hall–Kier alpha value is -4.34. The molecule has 3 heterocycles. The average molecular weight is 665 g/mol. The number of carbonyl (C=O) groups is 2. The normalized spacial score (nSPS) is 24.3. The number of allylic oxidation sites excluding steroid dienone is 1. The molecule has 6 rings (SSSR count). The van der Waals surface area contributed by atoms with Crippen LogP contribution in [0.4, 0.5) is 4.79 Å². The van der Waals surface area contributed by atoms with Crippen molar-refractivity contribution in [1.82, 2.24) is 14.8 Å². The first-order chi connectivity index (χ1) is 23.6. The number of aromatic nitrogens is 1. The SMILES string of the molecule is CC(C)(C)OC(=O)N1CCN(C(=O)C2=C(c3ccccc3)C([C@H]3CCCC[C@]3(O)COCc3ccccn3)C=N2)[C@H](Cc2ccccc2)C1. The molecule has 2 aliphatic heterocycles. The van der Waals surface area contributed by atoms with Crippen molar-refractivity contribution in [2.45, 2.75) is 76.7 Å². The third kappa shape index (κ3) is 8.28. The molecule has 1 saturated heterocycles. The Morgan fingerprint density at radius 3 is 2.41 bits per heavy atom. The van der Waals surface area contributed by atoms with E-state index in [1.54, 1.807) is 11.1 Å². The Bertz CT molecular complexity index is 1640. The van der Waals surface area contributed by atoms with Crippen molar-refractivity contribution < 1.29 is 24.2 Å². The van der Waals surface area contributed by atoms with Gasteiger partial charge in [-0.1, -0.05) is 79.6 Å². The van der Waals surface area contributed by atoms with Gasteiger partial charge in [-0.25, -0.2) is 4.79 Å². The van der Waals surface area contributed by atoms with E-state index in [-0.39, 0.29) is 36.5 Å². The van der Waals surface area contributed by atoms with E-state index in [2.05, 4.69) is 4.98 Å². The molecule has 0 spiro atoms. The maximum atomic E-state index is 14.7.